The maximum atomic E-state index is 12.6. The number of carbonyl (C=O) groups excluding carboxylic acids is 2. The number of hydrogen-bond donors (Lipinski definition) is 2. The van der Waals surface area contributed by atoms with Gasteiger partial charge in [-0.2, -0.15) is 5.10 Å². The van der Waals surface area contributed by atoms with Gasteiger partial charge in [0.15, 0.2) is 0 Å². The molecule has 0 aliphatic rings. The number of nitrogens with one attached hydrogen (secondary N) is 2. The number of rotatable bonds is 5. The highest BCUT2D eigenvalue weighted by molar-refractivity contribution is 7.21. The fraction of sp³-hybridized carbons (Fsp3) is 0.0870. The summed E-state index contributed by atoms with van der Waals surface area (Å²) in [6.45, 7) is 3.50. The van der Waals surface area contributed by atoms with Crippen LogP contribution < -0.4 is 10.7 Å². The molecule has 6 nitrogen and oxygen atoms in total. The second-order valence-electron chi connectivity index (χ2n) is 6.92. The lowest BCUT2D eigenvalue weighted by atomic mass is 10.1. The van der Waals surface area contributed by atoms with Gasteiger partial charge in [0.05, 0.1) is 27.6 Å². The fourth-order valence-electron chi connectivity index (χ4n) is 3.08. The number of fused-ring (bicyclic) bond motifs is 1. The van der Waals surface area contributed by atoms with Gasteiger partial charge in [-0.25, -0.2) is 5.43 Å². The van der Waals surface area contributed by atoms with E-state index >= 15 is 0 Å². The summed E-state index contributed by atoms with van der Waals surface area (Å²) in [5, 5.41) is 8.47. The Kier molecular flexibility index (Phi) is 6.32. The van der Waals surface area contributed by atoms with Crippen LogP contribution in [0.5, 0.6) is 0 Å². The summed E-state index contributed by atoms with van der Waals surface area (Å²) in [5.74, 6) is -0.105. The quantitative estimate of drug-likeness (QED) is 0.249. The number of hydrogen-bond acceptors (Lipinski definition) is 5. The molecule has 0 atom stereocenters. The minimum absolute atomic E-state index is 0.248. The Morgan fingerprint density at radius 1 is 1.03 bits per heavy atom. The Hall–Kier alpha value is -3.13. The first kappa shape index (κ1) is 22.1. The molecule has 0 aliphatic heterocycles. The summed E-state index contributed by atoms with van der Waals surface area (Å²) in [7, 11) is 0. The average Bonchev–Trinajstić information content (AvgIpc) is 3.36. The van der Waals surface area contributed by atoms with Crippen molar-refractivity contribution in [3.63, 3.8) is 0 Å². The van der Waals surface area contributed by atoms with Gasteiger partial charge in [-0.3, -0.25) is 9.59 Å². The van der Waals surface area contributed by atoms with Gasteiger partial charge < -0.3 is 9.73 Å². The molecule has 0 spiro atoms. The van der Waals surface area contributed by atoms with E-state index in [4.69, 9.17) is 27.6 Å². The van der Waals surface area contributed by atoms with Gasteiger partial charge in [0, 0.05) is 15.8 Å². The molecule has 9 heteroatoms. The van der Waals surface area contributed by atoms with E-state index in [1.165, 1.54) is 17.6 Å². The first-order chi connectivity index (χ1) is 15.3. The topological polar surface area (TPSA) is 83.7 Å². The highest BCUT2D eigenvalue weighted by Gasteiger charge is 2.18. The van der Waals surface area contributed by atoms with Crippen molar-refractivity contribution in [2.75, 3.05) is 5.32 Å². The minimum Gasteiger partial charge on any atom is -0.469 e. The largest absolute Gasteiger partial charge is 0.469 e. The number of hydrazone groups is 1. The lowest BCUT2D eigenvalue weighted by Crippen LogP contribution is -2.18. The van der Waals surface area contributed by atoms with Crippen LogP contribution in [0.4, 0.5) is 5.69 Å². The van der Waals surface area contributed by atoms with Crippen LogP contribution >= 0.6 is 34.5 Å². The Morgan fingerprint density at radius 3 is 2.44 bits per heavy atom. The van der Waals surface area contributed by atoms with E-state index in [0.29, 0.717) is 43.0 Å². The summed E-state index contributed by atoms with van der Waals surface area (Å²) in [6, 6.07) is 14.1. The molecule has 0 saturated carbocycles. The zero-order chi connectivity index (χ0) is 22.8. The van der Waals surface area contributed by atoms with Gasteiger partial charge in [-0.15, -0.1) is 11.3 Å². The molecular weight excluding hydrogens is 469 g/mol. The SMILES string of the molecule is CC(=NNC(=O)c1sc2cccc(Cl)c2c1Cl)c1ccc(NC(=O)c2ccoc2C)cc1. The van der Waals surface area contributed by atoms with Crippen molar-refractivity contribution in [1.29, 1.82) is 0 Å². The molecular formula is C23H17Cl2N3O3S. The van der Waals surface area contributed by atoms with Gasteiger partial charge in [0.25, 0.3) is 11.8 Å². The van der Waals surface area contributed by atoms with Crippen molar-refractivity contribution in [3.8, 4) is 0 Å². The Labute approximate surface area is 197 Å². The highest BCUT2D eigenvalue weighted by atomic mass is 35.5. The van der Waals surface area contributed by atoms with Crippen LogP contribution in [0.1, 0.15) is 38.3 Å². The van der Waals surface area contributed by atoms with Gasteiger partial charge in [-0.1, -0.05) is 41.4 Å². The monoisotopic (exact) mass is 485 g/mol. The summed E-state index contributed by atoms with van der Waals surface area (Å²) in [6.07, 6.45) is 1.47. The van der Waals surface area contributed by atoms with Crippen molar-refractivity contribution < 1.29 is 14.0 Å². The van der Waals surface area contributed by atoms with Gasteiger partial charge in [0.2, 0.25) is 0 Å². The third kappa shape index (κ3) is 4.41. The summed E-state index contributed by atoms with van der Waals surface area (Å²) in [5.41, 5.74) is 5.03. The highest BCUT2D eigenvalue weighted by Crippen LogP contribution is 2.39. The summed E-state index contributed by atoms with van der Waals surface area (Å²) < 4.78 is 5.99. The van der Waals surface area contributed by atoms with Gasteiger partial charge in [-0.05, 0) is 49.7 Å². The maximum Gasteiger partial charge on any atom is 0.283 e. The zero-order valence-electron chi connectivity index (χ0n) is 17.0. The van der Waals surface area contributed by atoms with E-state index in [1.54, 1.807) is 50.2 Å². The maximum absolute atomic E-state index is 12.6. The Morgan fingerprint density at radius 2 is 1.78 bits per heavy atom. The van der Waals surface area contributed by atoms with Crippen LogP contribution in [0.2, 0.25) is 10.0 Å². The molecule has 0 bridgehead atoms. The molecule has 0 aliphatic carbocycles. The smallest absolute Gasteiger partial charge is 0.283 e. The number of amides is 2. The van der Waals surface area contributed by atoms with E-state index in [0.717, 1.165) is 10.3 Å². The Bertz CT molecular complexity index is 1360. The second kappa shape index (κ2) is 9.16. The molecule has 4 aromatic rings. The molecule has 2 N–H and O–H groups in total. The number of thiophene rings is 1. The van der Waals surface area contributed by atoms with E-state index in [2.05, 4.69) is 15.8 Å². The fourth-order valence-corrected chi connectivity index (χ4v) is 4.93. The zero-order valence-corrected chi connectivity index (χ0v) is 19.4. The average molecular weight is 486 g/mol. The Balaban J connectivity index is 1.45. The van der Waals surface area contributed by atoms with Crippen LogP contribution in [0, 0.1) is 6.92 Å². The standard InChI is InChI=1S/C23H17Cl2N3O3S/c1-12(14-6-8-15(9-7-14)26-22(29)16-10-11-31-13(16)2)27-28-23(30)21-20(25)19-17(24)4-3-5-18(19)32-21/h3-11H,1-2H3,(H,26,29)(H,28,30). The lowest BCUT2D eigenvalue weighted by Gasteiger charge is -2.06. The summed E-state index contributed by atoms with van der Waals surface area (Å²) in [4.78, 5) is 25.2. The van der Waals surface area contributed by atoms with E-state index in [9.17, 15) is 9.59 Å². The molecule has 2 amide bonds. The molecule has 2 aromatic carbocycles. The van der Waals surface area contributed by atoms with Crippen LogP contribution in [0.25, 0.3) is 10.1 Å². The molecule has 0 saturated heterocycles. The number of benzene rings is 2. The van der Waals surface area contributed by atoms with Gasteiger partial charge >= 0.3 is 0 Å². The van der Waals surface area contributed by atoms with Crippen molar-refractivity contribution in [3.05, 3.63) is 86.6 Å². The first-order valence-electron chi connectivity index (χ1n) is 9.52. The predicted molar refractivity (Wildman–Crippen MR) is 129 cm³/mol. The lowest BCUT2D eigenvalue weighted by molar-refractivity contribution is 0.0958. The van der Waals surface area contributed by atoms with Crippen LogP contribution in [0.15, 0.2) is 64.3 Å². The minimum atomic E-state index is -0.411. The van der Waals surface area contributed by atoms with Crippen molar-refractivity contribution >= 4 is 67.8 Å². The van der Waals surface area contributed by atoms with Crippen LogP contribution in [-0.4, -0.2) is 17.5 Å². The van der Waals surface area contributed by atoms with Crippen molar-refractivity contribution in [2.45, 2.75) is 13.8 Å². The van der Waals surface area contributed by atoms with E-state index in [1.807, 2.05) is 12.1 Å². The third-order valence-corrected chi connectivity index (χ3v) is 6.76. The molecule has 0 fully saturated rings. The normalized spacial score (nSPS) is 11.6. The molecule has 162 valence electrons. The predicted octanol–water partition coefficient (Wildman–Crippen LogP) is 6.52. The molecule has 0 radical (unpaired) electrons. The number of furan rings is 1. The number of aryl methyl sites for hydroxylation is 1. The molecule has 4 rings (SSSR count). The number of halogens is 2. The van der Waals surface area contributed by atoms with Crippen LogP contribution in [-0.2, 0) is 0 Å². The van der Waals surface area contributed by atoms with Crippen LogP contribution in [0.3, 0.4) is 0 Å². The second-order valence-corrected chi connectivity index (χ2v) is 8.76. The van der Waals surface area contributed by atoms with E-state index < -0.39 is 5.91 Å². The first-order valence-corrected chi connectivity index (χ1v) is 11.1. The van der Waals surface area contributed by atoms with Crippen molar-refractivity contribution in [1.82, 2.24) is 5.43 Å². The van der Waals surface area contributed by atoms with Gasteiger partial charge in [0.1, 0.15) is 10.6 Å². The number of nitrogens with zero attached hydrogens (tertiary/aromatic N) is 1. The molecule has 32 heavy (non-hydrogen) atoms. The molecule has 2 heterocycles. The number of anilines is 1. The molecule has 2 aromatic heterocycles. The van der Waals surface area contributed by atoms with E-state index in [-0.39, 0.29) is 5.91 Å². The van der Waals surface area contributed by atoms with Crippen molar-refractivity contribution in [2.24, 2.45) is 5.10 Å². The molecule has 0 unspecified atom stereocenters. The third-order valence-electron chi connectivity index (χ3n) is 4.80. The summed E-state index contributed by atoms with van der Waals surface area (Å²) >= 11 is 13.8. The number of carbonyl (C=O) groups is 2.